The van der Waals surface area contributed by atoms with Crippen molar-refractivity contribution in [2.45, 2.75) is 83.3 Å². The van der Waals surface area contributed by atoms with E-state index in [9.17, 15) is 15.0 Å². The Hall–Kier alpha value is -1.13. The van der Waals surface area contributed by atoms with E-state index in [1.165, 1.54) is 5.57 Å². The summed E-state index contributed by atoms with van der Waals surface area (Å²) in [6.45, 7) is 2.13. The summed E-state index contributed by atoms with van der Waals surface area (Å²) in [5.74, 6) is 0.417. The van der Waals surface area contributed by atoms with Crippen LogP contribution in [0.3, 0.4) is 0 Å². The fourth-order valence-electron chi connectivity index (χ4n) is 4.37. The largest absolute Gasteiger partial charge is 0.481 e. The molecule has 0 aromatic rings. The van der Waals surface area contributed by atoms with E-state index in [4.69, 9.17) is 5.11 Å². The zero-order valence-corrected chi connectivity index (χ0v) is 15.4. The van der Waals surface area contributed by atoms with Crippen LogP contribution in [-0.2, 0) is 4.79 Å². The molecule has 0 aromatic heterocycles. The van der Waals surface area contributed by atoms with Crippen molar-refractivity contribution in [1.82, 2.24) is 0 Å². The number of rotatable bonds is 11. The molecule has 0 bridgehead atoms. The first-order valence-electron chi connectivity index (χ1n) is 9.95. The molecule has 142 valence electrons. The summed E-state index contributed by atoms with van der Waals surface area (Å²) in [5.41, 5.74) is 1.44. The molecule has 1 fully saturated rings. The summed E-state index contributed by atoms with van der Waals surface area (Å²) >= 11 is 0. The minimum Gasteiger partial charge on any atom is -0.481 e. The van der Waals surface area contributed by atoms with Crippen molar-refractivity contribution in [2.24, 2.45) is 17.8 Å². The van der Waals surface area contributed by atoms with Gasteiger partial charge in [-0.05, 0) is 56.8 Å². The van der Waals surface area contributed by atoms with Crippen LogP contribution in [0.15, 0.2) is 23.8 Å². The molecular formula is C21H34O4. The third kappa shape index (κ3) is 6.27. The van der Waals surface area contributed by atoms with E-state index in [2.05, 4.69) is 25.2 Å². The summed E-state index contributed by atoms with van der Waals surface area (Å²) in [5, 5.41) is 29.0. The van der Waals surface area contributed by atoms with Crippen molar-refractivity contribution >= 4 is 5.97 Å². The fourth-order valence-corrected chi connectivity index (χ4v) is 4.37. The number of hydrogen-bond acceptors (Lipinski definition) is 3. The molecular weight excluding hydrogens is 316 g/mol. The Morgan fingerprint density at radius 3 is 2.88 bits per heavy atom. The van der Waals surface area contributed by atoms with Crippen LogP contribution in [-0.4, -0.2) is 33.5 Å². The molecule has 0 spiro atoms. The SMILES string of the molecule is CCCCC(O)CC=C[C@H]1[C@H]2CC(CCCCC(=O)O)=C[C@H]2C[C@H]1O. The normalized spacial score (nSPS) is 29.8. The third-order valence-electron chi connectivity index (χ3n) is 5.75. The molecule has 0 heterocycles. The van der Waals surface area contributed by atoms with E-state index in [0.29, 0.717) is 18.3 Å². The average Bonchev–Trinajstić information content (AvgIpc) is 3.07. The zero-order chi connectivity index (χ0) is 18.2. The molecule has 2 aliphatic rings. The van der Waals surface area contributed by atoms with Crippen molar-refractivity contribution in [2.75, 3.05) is 0 Å². The van der Waals surface area contributed by atoms with Gasteiger partial charge in [0, 0.05) is 12.3 Å². The lowest BCUT2D eigenvalue weighted by Gasteiger charge is -2.18. The highest BCUT2D eigenvalue weighted by Crippen LogP contribution is 2.48. The molecule has 2 aliphatic carbocycles. The number of carboxylic acids is 1. The lowest BCUT2D eigenvalue weighted by molar-refractivity contribution is -0.137. The Morgan fingerprint density at radius 1 is 1.36 bits per heavy atom. The maximum Gasteiger partial charge on any atom is 0.303 e. The highest BCUT2D eigenvalue weighted by molar-refractivity contribution is 5.66. The first kappa shape index (κ1) is 20.2. The maximum absolute atomic E-state index is 10.6. The Labute approximate surface area is 151 Å². The molecule has 0 aliphatic heterocycles. The van der Waals surface area contributed by atoms with Gasteiger partial charge in [0.1, 0.15) is 0 Å². The summed E-state index contributed by atoms with van der Waals surface area (Å²) in [4.78, 5) is 10.6. The van der Waals surface area contributed by atoms with Crippen molar-refractivity contribution in [3.8, 4) is 0 Å². The van der Waals surface area contributed by atoms with E-state index in [-0.39, 0.29) is 24.5 Å². The number of aliphatic hydroxyl groups is 2. The van der Waals surface area contributed by atoms with Crippen LogP contribution in [0, 0.1) is 17.8 Å². The number of unbranched alkanes of at least 4 members (excludes halogenated alkanes) is 2. The van der Waals surface area contributed by atoms with Crippen LogP contribution in [0.4, 0.5) is 0 Å². The molecule has 1 unspecified atom stereocenters. The minimum atomic E-state index is -0.716. The Balaban J connectivity index is 1.77. The van der Waals surface area contributed by atoms with Gasteiger partial charge in [-0.3, -0.25) is 4.79 Å². The molecule has 0 radical (unpaired) electrons. The van der Waals surface area contributed by atoms with Crippen LogP contribution in [0.2, 0.25) is 0 Å². The quantitative estimate of drug-likeness (QED) is 0.388. The molecule has 2 rings (SSSR count). The van der Waals surface area contributed by atoms with Gasteiger partial charge in [-0.15, -0.1) is 0 Å². The van der Waals surface area contributed by atoms with Gasteiger partial charge in [0.25, 0.3) is 0 Å². The molecule has 25 heavy (non-hydrogen) atoms. The second-order valence-corrected chi connectivity index (χ2v) is 7.80. The third-order valence-corrected chi connectivity index (χ3v) is 5.75. The van der Waals surface area contributed by atoms with E-state index in [1.54, 1.807) is 0 Å². The lowest BCUT2D eigenvalue weighted by Crippen LogP contribution is -2.17. The summed E-state index contributed by atoms with van der Waals surface area (Å²) < 4.78 is 0. The standard InChI is InChI=1S/C21H34O4/c1-2-3-8-17(22)9-6-10-18-19-13-15(7-4-5-11-21(24)25)12-16(19)14-20(18)23/h6,10,12,16-20,22-23H,2-5,7-9,11,13-14H2,1H3,(H,24,25)/t16-,17?,18-,19-,20+/m0/s1. The van der Waals surface area contributed by atoms with Crippen molar-refractivity contribution in [1.29, 1.82) is 0 Å². The highest BCUT2D eigenvalue weighted by Gasteiger charge is 2.43. The molecule has 4 heteroatoms. The Morgan fingerprint density at radius 2 is 2.16 bits per heavy atom. The molecule has 4 nitrogen and oxygen atoms in total. The minimum absolute atomic E-state index is 0.191. The van der Waals surface area contributed by atoms with Crippen LogP contribution >= 0.6 is 0 Å². The Kier molecular flexibility index (Phi) is 8.17. The highest BCUT2D eigenvalue weighted by atomic mass is 16.4. The van der Waals surface area contributed by atoms with Gasteiger partial charge in [-0.1, -0.05) is 43.6 Å². The number of fused-ring (bicyclic) bond motifs is 1. The van der Waals surface area contributed by atoms with E-state index in [0.717, 1.165) is 51.4 Å². The number of aliphatic carboxylic acids is 1. The molecule has 0 amide bonds. The van der Waals surface area contributed by atoms with Gasteiger partial charge >= 0.3 is 5.97 Å². The first-order chi connectivity index (χ1) is 12.0. The topological polar surface area (TPSA) is 77.8 Å². The monoisotopic (exact) mass is 350 g/mol. The van der Waals surface area contributed by atoms with Crippen LogP contribution in [0.1, 0.15) is 71.1 Å². The van der Waals surface area contributed by atoms with Gasteiger partial charge in [-0.2, -0.15) is 0 Å². The Bertz CT molecular complexity index is 482. The van der Waals surface area contributed by atoms with Gasteiger partial charge in [0.05, 0.1) is 12.2 Å². The molecule has 5 atom stereocenters. The summed E-state index contributed by atoms with van der Waals surface area (Å²) in [6.07, 6.45) is 14.4. The molecule has 0 aromatic carbocycles. The second kappa shape index (κ2) is 10.1. The molecule has 0 saturated heterocycles. The van der Waals surface area contributed by atoms with E-state index >= 15 is 0 Å². The maximum atomic E-state index is 10.6. The van der Waals surface area contributed by atoms with Crippen LogP contribution in [0.25, 0.3) is 0 Å². The summed E-state index contributed by atoms with van der Waals surface area (Å²) in [7, 11) is 0. The molecule has 1 saturated carbocycles. The number of carbonyl (C=O) groups is 1. The van der Waals surface area contributed by atoms with E-state index in [1.807, 2.05) is 0 Å². The van der Waals surface area contributed by atoms with Gasteiger partial charge < -0.3 is 15.3 Å². The number of allylic oxidation sites excluding steroid dienone is 2. The number of carboxylic acid groups (broad SMARTS) is 1. The lowest BCUT2D eigenvalue weighted by atomic mass is 9.88. The van der Waals surface area contributed by atoms with Crippen LogP contribution < -0.4 is 0 Å². The second-order valence-electron chi connectivity index (χ2n) is 7.80. The molecule has 3 N–H and O–H groups in total. The van der Waals surface area contributed by atoms with Crippen molar-refractivity contribution in [3.05, 3.63) is 23.8 Å². The predicted octanol–water partition coefficient (Wildman–Crippen LogP) is 4.07. The van der Waals surface area contributed by atoms with Crippen LogP contribution in [0.5, 0.6) is 0 Å². The van der Waals surface area contributed by atoms with E-state index < -0.39 is 5.97 Å². The van der Waals surface area contributed by atoms with Crippen molar-refractivity contribution in [3.63, 3.8) is 0 Å². The van der Waals surface area contributed by atoms with Crippen molar-refractivity contribution < 1.29 is 20.1 Å². The first-order valence-corrected chi connectivity index (χ1v) is 9.95. The fraction of sp³-hybridized carbons (Fsp3) is 0.762. The average molecular weight is 350 g/mol. The summed E-state index contributed by atoms with van der Waals surface area (Å²) in [6, 6.07) is 0. The zero-order valence-electron chi connectivity index (χ0n) is 15.4. The number of hydrogen-bond donors (Lipinski definition) is 3. The predicted molar refractivity (Wildman–Crippen MR) is 99.2 cm³/mol. The van der Waals surface area contributed by atoms with Gasteiger partial charge in [0.15, 0.2) is 0 Å². The van der Waals surface area contributed by atoms with Gasteiger partial charge in [-0.25, -0.2) is 0 Å². The number of aliphatic hydroxyl groups excluding tert-OH is 2. The van der Waals surface area contributed by atoms with Gasteiger partial charge in [0.2, 0.25) is 0 Å². The smallest absolute Gasteiger partial charge is 0.303 e.